The Labute approximate surface area is 29.2 Å². The molecular weight excluding hydrogens is 72.0 g/mol. The van der Waals surface area contributed by atoms with Gasteiger partial charge in [0.2, 0.25) is 0 Å². The number of ether oxygens (including phenoxy) is 1. The van der Waals surface area contributed by atoms with Gasteiger partial charge < -0.3 is 4.74 Å². The second kappa shape index (κ2) is 1.58. The van der Waals surface area contributed by atoms with Crippen LogP contribution in [0.15, 0.2) is 0 Å². The summed E-state index contributed by atoms with van der Waals surface area (Å²) in [5.74, 6) is 0. The molecule has 3 heteroatoms. The zero-order valence-electron chi connectivity index (χ0n) is 2.72. The van der Waals surface area contributed by atoms with Crippen LogP contribution in [-0.4, -0.2) is 13.3 Å². The Balaban J connectivity index is 2.85. The molecule has 0 bridgehead atoms. The molecule has 0 aliphatic rings. The Morgan fingerprint density at radius 1 is 1.80 bits per heavy atom. The second-order valence-electron chi connectivity index (χ2n) is 0.454. The second-order valence-corrected chi connectivity index (χ2v) is 0.454. The first-order valence-electron chi connectivity index (χ1n) is 1.02. The zero-order chi connectivity index (χ0) is 4.28. The minimum absolute atomic E-state index is 1.04. The first-order chi connectivity index (χ1) is 2.27. The van der Waals surface area contributed by atoms with Gasteiger partial charge in [0.25, 0.3) is 0 Å². The van der Waals surface area contributed by atoms with Gasteiger partial charge in [0.15, 0.2) is 0 Å². The van der Waals surface area contributed by atoms with Crippen molar-refractivity contribution in [2.45, 2.75) is 0 Å². The summed E-state index contributed by atoms with van der Waals surface area (Å²) < 4.78 is 3.56. The van der Waals surface area contributed by atoms with Gasteiger partial charge in [-0.25, -0.2) is 0 Å². The first-order valence-corrected chi connectivity index (χ1v) is 1.02. The van der Waals surface area contributed by atoms with Gasteiger partial charge in [0.1, 0.15) is 0 Å². The van der Waals surface area contributed by atoms with Crippen LogP contribution in [0.1, 0.15) is 0 Å². The molecule has 0 heterocycles. The number of hydrogen-bond donors (Lipinski definition) is 0. The van der Waals surface area contributed by atoms with Crippen LogP contribution < -0.4 is 0 Å². The average molecular weight is 75.0 g/mol. The third-order valence-electron chi connectivity index (χ3n) is 0.167. The van der Waals surface area contributed by atoms with Crippen molar-refractivity contribution >= 4 is 6.16 Å². The Bertz CT molecular complexity index is 40.2. The SMILES string of the molecule is COC([O])=O. The van der Waals surface area contributed by atoms with E-state index in [-0.39, 0.29) is 0 Å². The highest BCUT2D eigenvalue weighted by molar-refractivity contribution is 5.55. The van der Waals surface area contributed by atoms with E-state index in [1.165, 1.54) is 0 Å². The first kappa shape index (κ1) is 4.27. The van der Waals surface area contributed by atoms with Gasteiger partial charge in [-0.3, -0.25) is 0 Å². The summed E-state index contributed by atoms with van der Waals surface area (Å²) in [7, 11) is 1.04. The fourth-order valence-electron chi connectivity index (χ4n) is 0. The van der Waals surface area contributed by atoms with Gasteiger partial charge in [-0.2, -0.15) is 9.90 Å². The van der Waals surface area contributed by atoms with E-state index in [0.29, 0.717) is 0 Å². The van der Waals surface area contributed by atoms with Crippen molar-refractivity contribution in [3.63, 3.8) is 0 Å². The van der Waals surface area contributed by atoms with E-state index >= 15 is 0 Å². The maximum absolute atomic E-state index is 9.03. The molecule has 29 valence electrons. The van der Waals surface area contributed by atoms with Crippen molar-refractivity contribution in [3.8, 4) is 0 Å². The monoisotopic (exact) mass is 75.0 g/mol. The van der Waals surface area contributed by atoms with Gasteiger partial charge in [0, 0.05) is 0 Å². The number of hydrogen-bond acceptors (Lipinski definition) is 2. The Morgan fingerprint density at radius 2 is 2.00 bits per heavy atom. The lowest BCUT2D eigenvalue weighted by Gasteiger charge is -1.74. The maximum Gasteiger partial charge on any atom is 0.549 e. The van der Waals surface area contributed by atoms with Crippen LogP contribution in [-0.2, 0) is 9.84 Å². The molecule has 0 N–H and O–H groups in total. The summed E-state index contributed by atoms with van der Waals surface area (Å²) in [6, 6.07) is 0. The summed E-state index contributed by atoms with van der Waals surface area (Å²) in [5.41, 5.74) is 0. The third-order valence-corrected chi connectivity index (χ3v) is 0.167. The fraction of sp³-hybridized carbons (Fsp3) is 0.500. The van der Waals surface area contributed by atoms with Crippen LogP contribution in [0, 0.1) is 0 Å². The number of carbonyl (C=O) groups is 1. The van der Waals surface area contributed by atoms with Gasteiger partial charge in [-0.05, 0) is 0 Å². The topological polar surface area (TPSA) is 46.2 Å². The van der Waals surface area contributed by atoms with Crippen molar-refractivity contribution < 1.29 is 14.6 Å². The molecule has 3 nitrogen and oxygen atoms in total. The molecule has 0 aromatic rings. The van der Waals surface area contributed by atoms with E-state index in [9.17, 15) is 0 Å². The third kappa shape index (κ3) is 3.27. The van der Waals surface area contributed by atoms with Gasteiger partial charge in [-0.15, -0.1) is 0 Å². The molecule has 1 radical (unpaired) electrons. The highest BCUT2D eigenvalue weighted by atomic mass is 16.6. The van der Waals surface area contributed by atoms with Crippen LogP contribution in [0.4, 0.5) is 4.79 Å². The fourth-order valence-corrected chi connectivity index (χ4v) is 0. The smallest absolute Gasteiger partial charge is 0.435 e. The molecule has 0 aromatic carbocycles. The lowest BCUT2D eigenvalue weighted by Crippen LogP contribution is -1.88. The summed E-state index contributed by atoms with van der Waals surface area (Å²) in [5, 5.41) is 9.03. The molecule has 0 saturated carbocycles. The van der Waals surface area contributed by atoms with Gasteiger partial charge in [-0.1, -0.05) is 0 Å². The molecule has 0 amide bonds. The maximum atomic E-state index is 9.03. The van der Waals surface area contributed by atoms with Crippen LogP contribution in [0.25, 0.3) is 0 Å². The van der Waals surface area contributed by atoms with Crippen molar-refractivity contribution in [1.82, 2.24) is 0 Å². The molecule has 0 spiro atoms. The summed E-state index contributed by atoms with van der Waals surface area (Å²) in [6.45, 7) is 0. The lowest BCUT2D eigenvalue weighted by atomic mass is 11.4. The highest BCUT2D eigenvalue weighted by Crippen LogP contribution is 1.62. The van der Waals surface area contributed by atoms with Crippen LogP contribution >= 0.6 is 0 Å². The Hall–Kier alpha value is -0.730. The minimum Gasteiger partial charge on any atom is -0.435 e. The van der Waals surface area contributed by atoms with Crippen LogP contribution in [0.5, 0.6) is 0 Å². The summed E-state index contributed by atoms with van der Waals surface area (Å²) >= 11 is 0. The molecule has 0 rings (SSSR count). The van der Waals surface area contributed by atoms with Crippen molar-refractivity contribution in [2.24, 2.45) is 0 Å². The molecule has 0 saturated heterocycles. The normalized spacial score (nSPS) is 6.60. The van der Waals surface area contributed by atoms with E-state index in [0.717, 1.165) is 7.11 Å². The van der Waals surface area contributed by atoms with Crippen LogP contribution in [0.2, 0.25) is 0 Å². The Kier molecular flexibility index (Phi) is 1.35. The number of rotatable bonds is 0. The van der Waals surface area contributed by atoms with E-state index in [4.69, 9.17) is 9.90 Å². The molecule has 0 unspecified atom stereocenters. The molecule has 0 aromatic heterocycles. The standard InChI is InChI=1S/C2H3O3/c1-5-2(3)4/h1H3. The molecule has 0 atom stereocenters. The quantitative estimate of drug-likeness (QED) is 0.385. The van der Waals surface area contributed by atoms with E-state index < -0.39 is 6.16 Å². The molecule has 0 aliphatic heterocycles. The van der Waals surface area contributed by atoms with Crippen molar-refractivity contribution in [3.05, 3.63) is 0 Å². The summed E-state index contributed by atoms with van der Waals surface area (Å²) in [6.07, 6.45) is -1.50. The average Bonchev–Trinajstić information content (AvgIpc) is 1.38. The molecule has 0 fully saturated rings. The predicted molar refractivity (Wildman–Crippen MR) is 13.1 cm³/mol. The molecule has 5 heavy (non-hydrogen) atoms. The van der Waals surface area contributed by atoms with Gasteiger partial charge >= 0.3 is 6.16 Å². The Morgan fingerprint density at radius 3 is 2.00 bits per heavy atom. The predicted octanol–water partition coefficient (Wildman–Crippen LogP) is 0.183. The zero-order valence-corrected chi connectivity index (χ0v) is 2.72. The lowest BCUT2D eigenvalue weighted by molar-refractivity contribution is 0.0877. The van der Waals surface area contributed by atoms with E-state index in [1.54, 1.807) is 0 Å². The van der Waals surface area contributed by atoms with Crippen LogP contribution in [0.3, 0.4) is 0 Å². The molecule has 0 aliphatic carbocycles. The highest BCUT2D eigenvalue weighted by Gasteiger charge is 1.86. The number of methoxy groups -OCH3 is 1. The molecular formula is C2H3O3. The van der Waals surface area contributed by atoms with Gasteiger partial charge in [0.05, 0.1) is 7.11 Å². The van der Waals surface area contributed by atoms with E-state index in [2.05, 4.69) is 4.74 Å². The summed E-state index contributed by atoms with van der Waals surface area (Å²) in [4.78, 5) is 9.03. The number of carbonyl (C=O) groups excluding carboxylic acids is 1. The minimum atomic E-state index is -1.50. The van der Waals surface area contributed by atoms with Crippen molar-refractivity contribution in [2.75, 3.05) is 7.11 Å². The van der Waals surface area contributed by atoms with E-state index in [1.807, 2.05) is 0 Å². The largest absolute Gasteiger partial charge is 0.549 e. The van der Waals surface area contributed by atoms with Crippen molar-refractivity contribution in [1.29, 1.82) is 0 Å².